The number of aromatic nitrogens is 2. The molecule has 1 fully saturated rings. The second-order valence-electron chi connectivity index (χ2n) is 8.18. The van der Waals surface area contributed by atoms with Crippen LogP contribution >= 0.6 is 0 Å². The van der Waals surface area contributed by atoms with Crippen molar-refractivity contribution in [3.8, 4) is 11.5 Å². The van der Waals surface area contributed by atoms with Crippen LogP contribution in [-0.2, 0) is 10.0 Å². The Morgan fingerprint density at radius 2 is 1.88 bits per heavy atom. The van der Waals surface area contributed by atoms with Gasteiger partial charge in [0.05, 0.1) is 23.0 Å². The standard InChI is InChI=1S/C25H24N4O3S/c1-17-6-3-4-9-23(17)33(30,31)28-20-7-5-8-21(14-20)32-22-12-13-25-27-24(16-29(25)15-22)26-18(2)19-10-11-19/h3-9,12-16,19,26,28H,2,10-11H2,1H3. The first-order chi connectivity index (χ1) is 15.9. The van der Waals surface area contributed by atoms with Crippen molar-refractivity contribution >= 4 is 27.2 Å². The Labute approximate surface area is 192 Å². The van der Waals surface area contributed by atoms with Crippen LogP contribution < -0.4 is 14.8 Å². The van der Waals surface area contributed by atoms with Gasteiger partial charge in [-0.05, 0) is 61.6 Å². The van der Waals surface area contributed by atoms with Crippen molar-refractivity contribution in [2.75, 3.05) is 10.0 Å². The summed E-state index contributed by atoms with van der Waals surface area (Å²) in [6.07, 6.45) is 6.08. The van der Waals surface area contributed by atoms with E-state index < -0.39 is 10.0 Å². The third-order valence-corrected chi connectivity index (χ3v) is 7.03. The molecule has 0 bridgehead atoms. The molecule has 0 saturated heterocycles. The zero-order valence-corrected chi connectivity index (χ0v) is 19.0. The molecule has 2 N–H and O–H groups in total. The summed E-state index contributed by atoms with van der Waals surface area (Å²) in [6, 6.07) is 17.4. The summed E-state index contributed by atoms with van der Waals surface area (Å²) in [4.78, 5) is 4.81. The summed E-state index contributed by atoms with van der Waals surface area (Å²) >= 11 is 0. The summed E-state index contributed by atoms with van der Waals surface area (Å²) in [6.45, 7) is 5.85. The van der Waals surface area contributed by atoms with Crippen LogP contribution in [-0.4, -0.2) is 17.8 Å². The fourth-order valence-corrected chi connectivity index (χ4v) is 4.91. The van der Waals surface area contributed by atoms with E-state index in [0.29, 0.717) is 28.7 Å². The van der Waals surface area contributed by atoms with Gasteiger partial charge in [0.1, 0.15) is 23.0 Å². The van der Waals surface area contributed by atoms with E-state index in [-0.39, 0.29) is 4.90 Å². The molecule has 4 aromatic rings. The first-order valence-electron chi connectivity index (χ1n) is 10.7. The van der Waals surface area contributed by atoms with Crippen molar-refractivity contribution in [3.05, 3.63) is 90.9 Å². The third kappa shape index (κ3) is 4.70. The van der Waals surface area contributed by atoms with Gasteiger partial charge >= 0.3 is 0 Å². The zero-order valence-electron chi connectivity index (χ0n) is 18.2. The van der Waals surface area contributed by atoms with Crippen LogP contribution in [0.25, 0.3) is 5.65 Å². The van der Waals surface area contributed by atoms with Crippen molar-refractivity contribution in [1.82, 2.24) is 9.38 Å². The Kier molecular flexibility index (Phi) is 5.30. The molecule has 0 unspecified atom stereocenters. The number of aryl methyl sites for hydroxylation is 1. The minimum absolute atomic E-state index is 0.246. The number of anilines is 2. The van der Waals surface area contributed by atoms with E-state index in [9.17, 15) is 8.42 Å². The summed E-state index contributed by atoms with van der Waals surface area (Å²) in [5.41, 5.74) is 2.89. The Bertz CT molecular complexity index is 1460. The van der Waals surface area contributed by atoms with Crippen LogP contribution in [0.5, 0.6) is 11.5 Å². The third-order valence-electron chi connectivity index (χ3n) is 5.49. The highest BCUT2D eigenvalue weighted by molar-refractivity contribution is 7.92. The number of pyridine rings is 1. The first kappa shape index (κ1) is 21.1. The van der Waals surface area contributed by atoms with Crippen molar-refractivity contribution in [2.45, 2.75) is 24.7 Å². The van der Waals surface area contributed by atoms with Gasteiger partial charge in [-0.15, -0.1) is 0 Å². The van der Waals surface area contributed by atoms with Gasteiger partial charge in [-0.1, -0.05) is 30.8 Å². The van der Waals surface area contributed by atoms with E-state index in [2.05, 4.69) is 21.6 Å². The molecule has 1 saturated carbocycles. The summed E-state index contributed by atoms with van der Waals surface area (Å²) in [5, 5.41) is 3.28. The molecule has 0 amide bonds. The number of nitrogens with one attached hydrogen (secondary N) is 2. The molecular formula is C25H24N4O3S. The summed E-state index contributed by atoms with van der Waals surface area (Å²) in [5.74, 6) is 2.41. The molecule has 0 aliphatic heterocycles. The minimum Gasteiger partial charge on any atom is -0.456 e. The number of hydrogen-bond donors (Lipinski definition) is 2. The smallest absolute Gasteiger partial charge is 0.262 e. The van der Waals surface area contributed by atoms with E-state index in [1.165, 1.54) is 12.8 Å². The maximum Gasteiger partial charge on any atom is 0.262 e. The van der Waals surface area contributed by atoms with Crippen LogP contribution in [0.1, 0.15) is 18.4 Å². The molecular weight excluding hydrogens is 436 g/mol. The minimum atomic E-state index is -3.70. The summed E-state index contributed by atoms with van der Waals surface area (Å²) < 4.78 is 36.1. The topological polar surface area (TPSA) is 84.7 Å². The fourth-order valence-electron chi connectivity index (χ4n) is 3.62. The second-order valence-corrected chi connectivity index (χ2v) is 9.83. The molecule has 0 radical (unpaired) electrons. The monoisotopic (exact) mass is 460 g/mol. The van der Waals surface area contributed by atoms with Crippen LogP contribution in [0.3, 0.4) is 0 Å². The molecule has 2 aromatic heterocycles. The normalized spacial score (nSPS) is 13.6. The van der Waals surface area contributed by atoms with Crippen LogP contribution in [0, 0.1) is 12.8 Å². The highest BCUT2D eigenvalue weighted by Crippen LogP contribution is 2.35. The van der Waals surface area contributed by atoms with E-state index in [1.54, 1.807) is 49.4 Å². The van der Waals surface area contributed by atoms with Crippen molar-refractivity contribution in [2.24, 2.45) is 5.92 Å². The predicted molar refractivity (Wildman–Crippen MR) is 129 cm³/mol. The molecule has 1 aliphatic rings. The second kappa shape index (κ2) is 8.29. The van der Waals surface area contributed by atoms with Crippen molar-refractivity contribution in [3.63, 3.8) is 0 Å². The Balaban J connectivity index is 1.33. The molecule has 0 spiro atoms. The van der Waals surface area contributed by atoms with E-state index >= 15 is 0 Å². The van der Waals surface area contributed by atoms with Gasteiger partial charge in [0.2, 0.25) is 0 Å². The SMILES string of the molecule is C=C(Nc1cn2cc(Oc3cccc(NS(=O)(=O)c4ccccc4C)c3)ccc2n1)C1CC1. The molecule has 5 rings (SSSR count). The van der Waals surface area contributed by atoms with Gasteiger partial charge in [-0.25, -0.2) is 13.4 Å². The number of allylic oxidation sites excluding steroid dienone is 1. The van der Waals surface area contributed by atoms with Crippen LogP contribution in [0.15, 0.2) is 90.2 Å². The average Bonchev–Trinajstić information content (AvgIpc) is 3.55. The van der Waals surface area contributed by atoms with Crippen molar-refractivity contribution < 1.29 is 13.2 Å². The summed E-state index contributed by atoms with van der Waals surface area (Å²) in [7, 11) is -3.70. The molecule has 7 nitrogen and oxygen atoms in total. The maximum atomic E-state index is 12.8. The number of rotatable bonds is 8. The average molecular weight is 461 g/mol. The lowest BCUT2D eigenvalue weighted by atomic mass is 10.2. The number of benzene rings is 2. The first-order valence-corrected chi connectivity index (χ1v) is 12.2. The van der Waals surface area contributed by atoms with Crippen LogP contribution in [0.2, 0.25) is 0 Å². The number of nitrogens with zero attached hydrogens (tertiary/aromatic N) is 2. The number of sulfonamides is 1. The lowest BCUT2D eigenvalue weighted by molar-refractivity contribution is 0.480. The number of ether oxygens (including phenoxy) is 1. The molecule has 0 atom stereocenters. The van der Waals surface area contributed by atoms with Gasteiger partial charge in [0, 0.05) is 11.8 Å². The van der Waals surface area contributed by atoms with Gasteiger partial charge in [0.25, 0.3) is 10.0 Å². The largest absolute Gasteiger partial charge is 0.456 e. The number of imidazole rings is 1. The lowest BCUT2D eigenvalue weighted by Gasteiger charge is -2.12. The predicted octanol–water partition coefficient (Wildman–Crippen LogP) is 5.57. The van der Waals surface area contributed by atoms with E-state index in [1.807, 2.05) is 35.0 Å². The molecule has 8 heteroatoms. The van der Waals surface area contributed by atoms with Crippen LogP contribution in [0.4, 0.5) is 11.5 Å². The number of fused-ring (bicyclic) bond motifs is 1. The van der Waals surface area contributed by atoms with Gasteiger partial charge in [-0.3, -0.25) is 4.72 Å². The van der Waals surface area contributed by atoms with Gasteiger partial charge in [-0.2, -0.15) is 0 Å². The van der Waals surface area contributed by atoms with E-state index in [0.717, 1.165) is 17.2 Å². The zero-order chi connectivity index (χ0) is 23.0. The quantitative estimate of drug-likeness (QED) is 0.359. The van der Waals surface area contributed by atoms with E-state index in [4.69, 9.17) is 4.74 Å². The highest BCUT2D eigenvalue weighted by atomic mass is 32.2. The molecule has 1 aliphatic carbocycles. The highest BCUT2D eigenvalue weighted by Gasteiger charge is 2.25. The molecule has 168 valence electrons. The maximum absolute atomic E-state index is 12.8. The number of hydrogen-bond acceptors (Lipinski definition) is 5. The molecule has 2 heterocycles. The fraction of sp³-hybridized carbons (Fsp3) is 0.160. The molecule has 33 heavy (non-hydrogen) atoms. The Morgan fingerprint density at radius 1 is 1.06 bits per heavy atom. The lowest BCUT2D eigenvalue weighted by Crippen LogP contribution is -2.14. The van der Waals surface area contributed by atoms with Crippen molar-refractivity contribution in [1.29, 1.82) is 0 Å². The van der Waals surface area contributed by atoms with Gasteiger partial charge in [0.15, 0.2) is 0 Å². The Hall–Kier alpha value is -3.78. The Morgan fingerprint density at radius 3 is 2.67 bits per heavy atom. The molecule has 2 aromatic carbocycles. The van der Waals surface area contributed by atoms with Gasteiger partial charge < -0.3 is 14.5 Å².